The predicted molar refractivity (Wildman–Crippen MR) is 110 cm³/mol. The Balaban J connectivity index is 1.55. The average Bonchev–Trinajstić information content (AvgIpc) is 2.78. The summed E-state index contributed by atoms with van der Waals surface area (Å²) in [6, 6.07) is 12.2. The van der Waals surface area contributed by atoms with Crippen LogP contribution in [-0.2, 0) is 21.4 Å². The number of carbonyl (C=O) groups is 1. The van der Waals surface area contributed by atoms with Gasteiger partial charge in [-0.2, -0.15) is 4.31 Å². The highest BCUT2D eigenvalue weighted by atomic mass is 32.2. The molecule has 0 aliphatic carbocycles. The van der Waals surface area contributed by atoms with E-state index in [9.17, 15) is 13.2 Å². The lowest BCUT2D eigenvalue weighted by molar-refractivity contribution is 0.136. The van der Waals surface area contributed by atoms with Gasteiger partial charge in [-0.25, -0.2) is 13.2 Å². The lowest BCUT2D eigenvalue weighted by Crippen LogP contribution is -2.50. The molecule has 1 amide bonds. The number of ether oxygens (including phenoxy) is 3. The Bertz CT molecular complexity index is 1050. The maximum Gasteiger partial charge on any atom is 0.414 e. The van der Waals surface area contributed by atoms with E-state index in [-0.39, 0.29) is 29.4 Å². The van der Waals surface area contributed by atoms with Crippen molar-refractivity contribution in [1.29, 1.82) is 0 Å². The summed E-state index contributed by atoms with van der Waals surface area (Å²) >= 11 is 0. The molecule has 1 saturated heterocycles. The minimum atomic E-state index is -3.77. The maximum atomic E-state index is 13.3. The first kappa shape index (κ1) is 20.5. The van der Waals surface area contributed by atoms with E-state index in [1.54, 1.807) is 17.0 Å². The van der Waals surface area contributed by atoms with Crippen molar-refractivity contribution in [3.63, 3.8) is 0 Å². The van der Waals surface area contributed by atoms with Gasteiger partial charge in [-0.15, -0.1) is 0 Å². The van der Waals surface area contributed by atoms with Crippen LogP contribution in [0.3, 0.4) is 0 Å². The maximum absolute atomic E-state index is 13.3. The Morgan fingerprint density at radius 3 is 2.47 bits per heavy atom. The Morgan fingerprint density at radius 2 is 1.77 bits per heavy atom. The molecule has 0 N–H and O–H groups in total. The Hall–Kier alpha value is -2.78. The standard InChI is InChI=1S/C21H24N2O6S/c1-27-17-7-8-19(28-2)20(13-17)30(25,26)22-11-9-16(10-12-22)23-18-6-4-3-5-15(18)14-29-21(23)24/h3-8,13,16H,9-12,14H2,1-2H3. The zero-order valence-corrected chi connectivity index (χ0v) is 17.7. The van der Waals surface area contributed by atoms with Crippen LogP contribution < -0.4 is 14.4 Å². The van der Waals surface area contributed by atoms with Gasteiger partial charge in [-0.3, -0.25) is 4.90 Å². The van der Waals surface area contributed by atoms with Gasteiger partial charge in [0.2, 0.25) is 10.0 Å². The highest BCUT2D eigenvalue weighted by molar-refractivity contribution is 7.89. The van der Waals surface area contributed by atoms with Crippen molar-refractivity contribution < 1.29 is 27.4 Å². The van der Waals surface area contributed by atoms with Crippen molar-refractivity contribution in [1.82, 2.24) is 4.31 Å². The van der Waals surface area contributed by atoms with Gasteiger partial charge in [0.15, 0.2) is 0 Å². The molecule has 0 aromatic heterocycles. The van der Waals surface area contributed by atoms with E-state index in [4.69, 9.17) is 14.2 Å². The molecule has 8 nitrogen and oxygen atoms in total. The summed E-state index contributed by atoms with van der Waals surface area (Å²) in [5.41, 5.74) is 1.79. The molecule has 160 valence electrons. The van der Waals surface area contributed by atoms with E-state index in [0.717, 1.165) is 11.3 Å². The third-order valence-electron chi connectivity index (χ3n) is 5.58. The van der Waals surface area contributed by atoms with Crippen LogP contribution in [0.15, 0.2) is 47.4 Å². The molecule has 2 heterocycles. The largest absolute Gasteiger partial charge is 0.497 e. The van der Waals surface area contributed by atoms with Crippen molar-refractivity contribution >= 4 is 21.8 Å². The Kier molecular flexibility index (Phi) is 5.57. The molecular weight excluding hydrogens is 408 g/mol. The Labute approximate surface area is 176 Å². The normalized spacial score (nSPS) is 17.9. The average molecular weight is 432 g/mol. The van der Waals surface area contributed by atoms with Crippen molar-refractivity contribution in [2.75, 3.05) is 32.2 Å². The number of cyclic esters (lactones) is 1. The predicted octanol–water partition coefficient (Wildman–Crippen LogP) is 3.01. The lowest BCUT2D eigenvalue weighted by Gasteiger charge is -2.39. The number of carbonyl (C=O) groups excluding carboxylic acids is 1. The number of benzene rings is 2. The van der Waals surface area contributed by atoms with Gasteiger partial charge in [0, 0.05) is 30.8 Å². The molecule has 2 aromatic rings. The van der Waals surface area contributed by atoms with E-state index >= 15 is 0 Å². The number of hydrogen-bond acceptors (Lipinski definition) is 6. The molecule has 0 bridgehead atoms. The zero-order valence-electron chi connectivity index (χ0n) is 16.9. The third-order valence-corrected chi connectivity index (χ3v) is 7.50. The Morgan fingerprint density at radius 1 is 1.03 bits per heavy atom. The molecule has 0 atom stereocenters. The third kappa shape index (κ3) is 3.59. The molecule has 9 heteroatoms. The first-order chi connectivity index (χ1) is 14.5. The molecule has 30 heavy (non-hydrogen) atoms. The molecule has 2 aliphatic heterocycles. The highest BCUT2D eigenvalue weighted by Crippen LogP contribution is 2.35. The number of piperidine rings is 1. The second kappa shape index (κ2) is 8.16. The SMILES string of the molecule is COc1ccc(OC)c(S(=O)(=O)N2CCC(N3C(=O)OCc4ccccc43)CC2)c1. The van der Waals surface area contributed by atoms with E-state index < -0.39 is 10.0 Å². The van der Waals surface area contributed by atoms with Gasteiger partial charge >= 0.3 is 6.09 Å². The van der Waals surface area contributed by atoms with Gasteiger partial charge in [-0.1, -0.05) is 18.2 Å². The summed E-state index contributed by atoms with van der Waals surface area (Å²) in [6.45, 7) is 0.840. The summed E-state index contributed by atoms with van der Waals surface area (Å²) in [6.07, 6.45) is 0.633. The number of sulfonamides is 1. The van der Waals surface area contributed by atoms with Crippen LogP contribution in [0.1, 0.15) is 18.4 Å². The fraction of sp³-hybridized carbons (Fsp3) is 0.381. The summed E-state index contributed by atoms with van der Waals surface area (Å²) in [5, 5.41) is 0. The second-order valence-electron chi connectivity index (χ2n) is 7.21. The van der Waals surface area contributed by atoms with Gasteiger partial charge < -0.3 is 14.2 Å². The summed E-state index contributed by atoms with van der Waals surface area (Å²) in [7, 11) is -0.850. The number of nitrogens with zero attached hydrogens (tertiary/aromatic N) is 2. The lowest BCUT2D eigenvalue weighted by atomic mass is 10.0. The summed E-state index contributed by atoms with van der Waals surface area (Å²) in [5.74, 6) is 0.711. The molecule has 4 rings (SSSR count). The quantitative estimate of drug-likeness (QED) is 0.722. The molecule has 0 saturated carbocycles. The molecule has 0 radical (unpaired) electrons. The fourth-order valence-corrected chi connectivity index (χ4v) is 5.63. The van der Waals surface area contributed by atoms with E-state index in [2.05, 4.69) is 0 Å². The van der Waals surface area contributed by atoms with Crippen molar-refractivity contribution in [2.45, 2.75) is 30.4 Å². The second-order valence-corrected chi connectivity index (χ2v) is 9.11. The molecule has 2 aliphatic rings. The van der Waals surface area contributed by atoms with Crippen LogP contribution in [-0.4, -0.2) is 52.2 Å². The van der Waals surface area contributed by atoms with Crippen LogP contribution in [0.25, 0.3) is 0 Å². The summed E-state index contributed by atoms with van der Waals surface area (Å²) in [4.78, 5) is 14.2. The fourth-order valence-electron chi connectivity index (χ4n) is 3.99. The van der Waals surface area contributed by atoms with Crippen LogP contribution in [0.4, 0.5) is 10.5 Å². The molecule has 0 unspecified atom stereocenters. The van der Waals surface area contributed by atoms with Crippen molar-refractivity contribution in [3.8, 4) is 11.5 Å². The van der Waals surface area contributed by atoms with Crippen LogP contribution in [0.2, 0.25) is 0 Å². The number of methoxy groups -OCH3 is 2. The van der Waals surface area contributed by atoms with Crippen LogP contribution >= 0.6 is 0 Å². The number of rotatable bonds is 5. The van der Waals surface area contributed by atoms with Gasteiger partial charge in [-0.05, 0) is 31.0 Å². The molecule has 1 fully saturated rings. The van der Waals surface area contributed by atoms with Gasteiger partial charge in [0.1, 0.15) is 23.0 Å². The first-order valence-electron chi connectivity index (χ1n) is 9.72. The van der Waals surface area contributed by atoms with E-state index in [0.29, 0.717) is 31.7 Å². The zero-order chi connectivity index (χ0) is 21.3. The van der Waals surface area contributed by atoms with E-state index in [1.165, 1.54) is 24.6 Å². The monoisotopic (exact) mass is 432 g/mol. The first-order valence-corrected chi connectivity index (χ1v) is 11.2. The minimum absolute atomic E-state index is 0.0746. The number of hydrogen-bond donors (Lipinski definition) is 0. The highest BCUT2D eigenvalue weighted by Gasteiger charge is 2.37. The van der Waals surface area contributed by atoms with Gasteiger partial charge in [0.05, 0.1) is 19.9 Å². The number of anilines is 1. The minimum Gasteiger partial charge on any atom is -0.497 e. The topological polar surface area (TPSA) is 85.4 Å². The van der Waals surface area contributed by atoms with Crippen molar-refractivity contribution in [3.05, 3.63) is 48.0 Å². The number of para-hydroxylation sites is 1. The van der Waals surface area contributed by atoms with Crippen molar-refractivity contribution in [2.24, 2.45) is 0 Å². The summed E-state index contributed by atoms with van der Waals surface area (Å²) < 4.78 is 43.7. The molecule has 0 spiro atoms. The van der Waals surface area contributed by atoms with Gasteiger partial charge in [0.25, 0.3) is 0 Å². The number of fused-ring (bicyclic) bond motifs is 1. The van der Waals surface area contributed by atoms with Crippen LogP contribution in [0, 0.1) is 0 Å². The molecular formula is C21H24N2O6S. The number of amides is 1. The smallest absolute Gasteiger partial charge is 0.414 e. The molecule has 2 aromatic carbocycles. The van der Waals surface area contributed by atoms with Crippen LogP contribution in [0.5, 0.6) is 11.5 Å². The van der Waals surface area contributed by atoms with E-state index in [1.807, 2.05) is 24.3 Å².